The lowest BCUT2D eigenvalue weighted by Crippen LogP contribution is -2.15. The van der Waals surface area contributed by atoms with Gasteiger partial charge in [0.15, 0.2) is 0 Å². The number of methoxy groups -OCH3 is 2. The summed E-state index contributed by atoms with van der Waals surface area (Å²) in [6, 6.07) is 15.8. The van der Waals surface area contributed by atoms with Gasteiger partial charge in [-0.1, -0.05) is 29.8 Å². The van der Waals surface area contributed by atoms with Gasteiger partial charge in [0, 0.05) is 29.1 Å². The van der Waals surface area contributed by atoms with Gasteiger partial charge in [-0.05, 0) is 55.7 Å². The van der Waals surface area contributed by atoms with Gasteiger partial charge in [-0.15, -0.1) is 0 Å². The average molecular weight is 497 g/mol. The first-order valence-electron chi connectivity index (χ1n) is 11.1. The van der Waals surface area contributed by atoms with E-state index in [4.69, 9.17) is 25.8 Å². The number of halogens is 1. The van der Waals surface area contributed by atoms with Crippen molar-refractivity contribution < 1.29 is 23.8 Å². The Labute approximate surface area is 210 Å². The Morgan fingerprint density at radius 2 is 1.43 bits per heavy atom. The molecule has 3 aromatic carbocycles. The molecule has 184 valence electrons. The van der Waals surface area contributed by atoms with Crippen molar-refractivity contribution >= 4 is 34.8 Å². The minimum Gasteiger partial charge on any atom is -0.494 e. The van der Waals surface area contributed by atoms with E-state index in [1.54, 1.807) is 36.4 Å². The fraction of sp³-hybridized carbons (Fsp3) is 0.259. The minimum atomic E-state index is -0.284. The lowest BCUT2D eigenvalue weighted by Gasteiger charge is -2.16. The number of rotatable bonds is 10. The van der Waals surface area contributed by atoms with Gasteiger partial charge in [-0.2, -0.15) is 0 Å². The molecule has 0 radical (unpaired) electrons. The molecule has 0 aliphatic rings. The molecule has 0 heterocycles. The van der Waals surface area contributed by atoms with Crippen molar-refractivity contribution in [3.63, 3.8) is 0 Å². The number of ether oxygens (including phenoxy) is 3. The van der Waals surface area contributed by atoms with E-state index in [0.717, 1.165) is 21.9 Å². The summed E-state index contributed by atoms with van der Waals surface area (Å²) in [6.07, 6.45) is 0.779. The number of amides is 2. The molecular formula is C27H29ClN2O5. The van der Waals surface area contributed by atoms with Crippen LogP contribution in [0.15, 0.2) is 54.6 Å². The first-order valence-corrected chi connectivity index (χ1v) is 11.5. The molecule has 0 aliphatic carbocycles. The van der Waals surface area contributed by atoms with E-state index < -0.39 is 0 Å². The van der Waals surface area contributed by atoms with Gasteiger partial charge in [0.1, 0.15) is 17.2 Å². The third-order valence-corrected chi connectivity index (χ3v) is 5.90. The Morgan fingerprint density at radius 3 is 2.00 bits per heavy atom. The summed E-state index contributed by atoms with van der Waals surface area (Å²) in [5.74, 6) is 1.03. The number of carbonyl (C=O) groups is 2. The van der Waals surface area contributed by atoms with Crippen LogP contribution in [-0.2, 0) is 4.79 Å². The average Bonchev–Trinajstić information content (AvgIpc) is 2.86. The van der Waals surface area contributed by atoms with Crippen LogP contribution in [0.5, 0.6) is 17.2 Å². The van der Waals surface area contributed by atoms with Crippen LogP contribution in [0.1, 0.15) is 34.3 Å². The summed E-state index contributed by atoms with van der Waals surface area (Å²) >= 11 is 6.19. The second kappa shape index (κ2) is 12.1. The maximum absolute atomic E-state index is 12.6. The monoisotopic (exact) mass is 496 g/mol. The molecule has 0 saturated carbocycles. The summed E-state index contributed by atoms with van der Waals surface area (Å²) in [4.78, 5) is 25.1. The zero-order valence-electron chi connectivity index (χ0n) is 20.2. The number of hydrogen-bond acceptors (Lipinski definition) is 5. The highest BCUT2D eigenvalue weighted by molar-refractivity contribution is 6.32. The van der Waals surface area contributed by atoms with E-state index in [9.17, 15) is 9.59 Å². The third kappa shape index (κ3) is 6.90. The number of aryl methyl sites for hydroxylation is 2. The molecule has 35 heavy (non-hydrogen) atoms. The Hall–Kier alpha value is -3.71. The van der Waals surface area contributed by atoms with E-state index in [-0.39, 0.29) is 18.2 Å². The van der Waals surface area contributed by atoms with E-state index in [1.165, 1.54) is 14.2 Å². The lowest BCUT2D eigenvalue weighted by atomic mass is 10.1. The third-order valence-electron chi connectivity index (χ3n) is 5.31. The molecular weight excluding hydrogens is 468 g/mol. The number of benzene rings is 3. The van der Waals surface area contributed by atoms with Gasteiger partial charge >= 0.3 is 0 Å². The number of carbonyl (C=O) groups excluding carboxylic acids is 2. The molecule has 3 aromatic rings. The summed E-state index contributed by atoms with van der Waals surface area (Å²) in [6.45, 7) is 4.24. The lowest BCUT2D eigenvalue weighted by molar-refractivity contribution is -0.116. The Balaban J connectivity index is 1.60. The van der Waals surface area contributed by atoms with Crippen LogP contribution in [0.4, 0.5) is 11.4 Å². The number of anilines is 2. The van der Waals surface area contributed by atoms with Crippen LogP contribution in [0.2, 0.25) is 5.02 Å². The van der Waals surface area contributed by atoms with Gasteiger partial charge in [0.2, 0.25) is 5.91 Å². The van der Waals surface area contributed by atoms with E-state index in [2.05, 4.69) is 10.6 Å². The minimum absolute atomic E-state index is 0.196. The largest absolute Gasteiger partial charge is 0.494 e. The van der Waals surface area contributed by atoms with Crippen LogP contribution in [-0.4, -0.2) is 32.6 Å². The van der Waals surface area contributed by atoms with Crippen LogP contribution < -0.4 is 24.8 Å². The number of hydrogen-bond donors (Lipinski definition) is 2. The molecule has 8 heteroatoms. The fourth-order valence-corrected chi connectivity index (χ4v) is 3.61. The molecule has 0 aliphatic heterocycles. The second-order valence-electron chi connectivity index (χ2n) is 7.94. The Bertz CT molecular complexity index is 1170. The zero-order valence-corrected chi connectivity index (χ0v) is 21.0. The standard InChI is InChI=1S/C27H29ClN2O5/c1-17-13-20(14-18(2)26(17)28)35-12-8-11-25(31)29-21-15-24(34-4)22(16-23(21)33-3)30-27(32)19-9-6-5-7-10-19/h5-7,9-10,13-16H,8,11-12H2,1-4H3,(H,29,31)(H,30,32). The SMILES string of the molecule is COc1cc(NC(=O)c2ccccc2)c(OC)cc1NC(=O)CCCOc1cc(C)c(Cl)c(C)c1. The number of nitrogens with one attached hydrogen (secondary N) is 2. The molecule has 0 fully saturated rings. The molecule has 0 aromatic heterocycles. The topological polar surface area (TPSA) is 85.9 Å². The molecule has 0 unspecified atom stereocenters. The predicted octanol–water partition coefficient (Wildman–Crippen LogP) is 6.02. The molecule has 0 atom stereocenters. The van der Waals surface area contributed by atoms with Gasteiger partial charge in [-0.3, -0.25) is 9.59 Å². The van der Waals surface area contributed by atoms with Crippen LogP contribution in [0.3, 0.4) is 0 Å². The highest BCUT2D eigenvalue weighted by Gasteiger charge is 2.16. The van der Waals surface area contributed by atoms with E-state index in [1.807, 2.05) is 32.0 Å². The highest BCUT2D eigenvalue weighted by Crippen LogP contribution is 2.37. The molecule has 2 N–H and O–H groups in total. The zero-order chi connectivity index (χ0) is 25.4. The normalized spacial score (nSPS) is 10.4. The summed E-state index contributed by atoms with van der Waals surface area (Å²) in [7, 11) is 2.98. The molecule has 0 saturated heterocycles. The van der Waals surface area contributed by atoms with E-state index >= 15 is 0 Å². The van der Waals surface area contributed by atoms with Crippen molar-refractivity contribution in [3.8, 4) is 17.2 Å². The van der Waals surface area contributed by atoms with Crippen molar-refractivity contribution in [2.75, 3.05) is 31.5 Å². The van der Waals surface area contributed by atoms with Crippen LogP contribution in [0.25, 0.3) is 0 Å². The molecule has 0 bridgehead atoms. The second-order valence-corrected chi connectivity index (χ2v) is 8.32. The summed E-state index contributed by atoms with van der Waals surface area (Å²) < 4.78 is 16.6. The van der Waals surface area contributed by atoms with Gasteiger partial charge in [-0.25, -0.2) is 0 Å². The fourth-order valence-electron chi connectivity index (χ4n) is 3.50. The first-order chi connectivity index (χ1) is 16.8. The van der Waals surface area contributed by atoms with Crippen molar-refractivity contribution in [2.45, 2.75) is 26.7 Å². The Kier molecular flexibility index (Phi) is 8.98. The van der Waals surface area contributed by atoms with Crippen molar-refractivity contribution in [1.82, 2.24) is 0 Å². The quantitative estimate of drug-likeness (QED) is 0.335. The van der Waals surface area contributed by atoms with Gasteiger partial charge < -0.3 is 24.8 Å². The van der Waals surface area contributed by atoms with Gasteiger partial charge in [0.25, 0.3) is 5.91 Å². The molecule has 0 spiro atoms. The highest BCUT2D eigenvalue weighted by atomic mass is 35.5. The molecule has 2 amide bonds. The predicted molar refractivity (Wildman–Crippen MR) is 138 cm³/mol. The van der Waals surface area contributed by atoms with Crippen molar-refractivity contribution in [3.05, 3.63) is 76.3 Å². The maximum atomic E-state index is 12.6. The Morgan fingerprint density at radius 1 is 0.857 bits per heavy atom. The summed E-state index contributed by atoms with van der Waals surface area (Å²) in [5, 5.41) is 6.39. The van der Waals surface area contributed by atoms with Gasteiger partial charge in [0.05, 0.1) is 32.2 Å². The van der Waals surface area contributed by atoms with Crippen LogP contribution >= 0.6 is 11.6 Å². The molecule has 7 nitrogen and oxygen atoms in total. The van der Waals surface area contributed by atoms with Crippen molar-refractivity contribution in [1.29, 1.82) is 0 Å². The smallest absolute Gasteiger partial charge is 0.255 e. The maximum Gasteiger partial charge on any atom is 0.255 e. The van der Waals surface area contributed by atoms with Crippen molar-refractivity contribution in [2.24, 2.45) is 0 Å². The van der Waals surface area contributed by atoms with E-state index in [0.29, 0.717) is 41.5 Å². The van der Waals surface area contributed by atoms with Crippen LogP contribution in [0, 0.1) is 13.8 Å². The molecule has 3 rings (SSSR count). The summed E-state index contributed by atoms with van der Waals surface area (Å²) in [5.41, 5.74) is 3.28. The first kappa shape index (κ1) is 25.9.